The molecule has 1 aliphatic rings. The number of thioether (sulfide) groups is 1. The number of hydrogen-bond acceptors (Lipinski definition) is 3. The summed E-state index contributed by atoms with van der Waals surface area (Å²) in [7, 11) is 0. The van der Waals surface area contributed by atoms with E-state index in [2.05, 4.69) is 17.5 Å². The predicted molar refractivity (Wildman–Crippen MR) is 87.9 cm³/mol. The van der Waals surface area contributed by atoms with E-state index in [4.69, 9.17) is 11.2 Å². The third-order valence-corrected chi connectivity index (χ3v) is 4.21. The van der Waals surface area contributed by atoms with E-state index in [9.17, 15) is 4.79 Å². The van der Waals surface area contributed by atoms with Crippen LogP contribution in [0.5, 0.6) is 5.75 Å². The van der Waals surface area contributed by atoms with Gasteiger partial charge in [-0.2, -0.15) is 11.8 Å². The number of terminal acetylenes is 1. The van der Waals surface area contributed by atoms with Crippen molar-refractivity contribution in [1.82, 2.24) is 4.90 Å². The average Bonchev–Trinajstić information content (AvgIpc) is 2.96. The Bertz CT molecular complexity index is 510. The lowest BCUT2D eigenvalue weighted by Crippen LogP contribution is -2.33. The van der Waals surface area contributed by atoms with Crippen LogP contribution in [0, 0.1) is 18.3 Å². The first-order valence-corrected chi connectivity index (χ1v) is 8.33. The largest absolute Gasteiger partial charge is 0.481 e. The maximum Gasteiger partial charge on any atom is 0.321 e. The standard InChI is InChI=1S/C16H20N2O2S/c1-3-10-20-15-6-4-14(5-7-15)17-16(19)18-9-8-13(11-18)12-21-2/h1,4-7,13H,8-12H2,2H3,(H,17,19)/t13-/m0/s1. The van der Waals surface area contributed by atoms with Gasteiger partial charge in [0.2, 0.25) is 0 Å². The molecular weight excluding hydrogens is 284 g/mol. The summed E-state index contributed by atoms with van der Waals surface area (Å²) in [5.74, 6) is 4.85. The first-order valence-electron chi connectivity index (χ1n) is 6.94. The average molecular weight is 304 g/mol. The summed E-state index contributed by atoms with van der Waals surface area (Å²) in [6, 6.07) is 7.20. The quantitative estimate of drug-likeness (QED) is 0.851. The Balaban J connectivity index is 1.84. The molecule has 2 rings (SSSR count). The van der Waals surface area contributed by atoms with Crippen LogP contribution in [-0.4, -0.2) is 42.6 Å². The summed E-state index contributed by atoms with van der Waals surface area (Å²) in [4.78, 5) is 14.1. The lowest BCUT2D eigenvalue weighted by Gasteiger charge is -2.17. The summed E-state index contributed by atoms with van der Waals surface area (Å²) in [6.45, 7) is 1.92. The molecule has 112 valence electrons. The van der Waals surface area contributed by atoms with E-state index in [-0.39, 0.29) is 12.6 Å². The van der Waals surface area contributed by atoms with Crippen LogP contribution in [0.2, 0.25) is 0 Å². The van der Waals surface area contributed by atoms with E-state index in [0.717, 1.165) is 31.0 Å². The molecule has 2 amide bonds. The molecule has 1 aromatic carbocycles. The predicted octanol–water partition coefficient (Wildman–Crippen LogP) is 2.92. The monoisotopic (exact) mass is 304 g/mol. The van der Waals surface area contributed by atoms with Crippen LogP contribution < -0.4 is 10.1 Å². The van der Waals surface area contributed by atoms with Crippen LogP contribution in [0.4, 0.5) is 10.5 Å². The first-order chi connectivity index (χ1) is 10.2. The number of likely N-dealkylation sites (tertiary alicyclic amines) is 1. The molecule has 0 spiro atoms. The van der Waals surface area contributed by atoms with Crippen LogP contribution in [-0.2, 0) is 0 Å². The molecule has 1 N–H and O–H groups in total. The molecule has 1 saturated heterocycles. The summed E-state index contributed by atoms with van der Waals surface area (Å²) >= 11 is 1.84. The van der Waals surface area contributed by atoms with Crippen molar-refractivity contribution in [3.05, 3.63) is 24.3 Å². The van der Waals surface area contributed by atoms with Gasteiger partial charge in [0.1, 0.15) is 12.4 Å². The lowest BCUT2D eigenvalue weighted by atomic mass is 10.2. The van der Waals surface area contributed by atoms with Gasteiger partial charge in [-0.05, 0) is 48.6 Å². The highest BCUT2D eigenvalue weighted by molar-refractivity contribution is 7.98. The zero-order valence-corrected chi connectivity index (χ0v) is 13.0. The molecule has 0 saturated carbocycles. The molecule has 1 aromatic rings. The number of nitrogens with one attached hydrogen (secondary N) is 1. The maximum atomic E-state index is 12.2. The van der Waals surface area contributed by atoms with Crippen LogP contribution in [0.15, 0.2) is 24.3 Å². The topological polar surface area (TPSA) is 41.6 Å². The van der Waals surface area contributed by atoms with Crippen molar-refractivity contribution in [3.8, 4) is 18.1 Å². The number of rotatable bonds is 5. The van der Waals surface area contributed by atoms with Gasteiger partial charge in [0.25, 0.3) is 0 Å². The molecule has 1 atom stereocenters. The number of ether oxygens (including phenoxy) is 1. The van der Waals surface area contributed by atoms with Crippen molar-refractivity contribution in [2.45, 2.75) is 6.42 Å². The molecule has 0 bridgehead atoms. The summed E-state index contributed by atoms with van der Waals surface area (Å²) in [6.07, 6.45) is 8.33. The number of hydrogen-bond donors (Lipinski definition) is 1. The van der Waals surface area contributed by atoms with Crippen molar-refractivity contribution in [3.63, 3.8) is 0 Å². The Morgan fingerprint density at radius 2 is 2.29 bits per heavy atom. The smallest absolute Gasteiger partial charge is 0.321 e. The van der Waals surface area contributed by atoms with Crippen molar-refractivity contribution in [2.24, 2.45) is 5.92 Å². The highest BCUT2D eigenvalue weighted by Crippen LogP contribution is 2.21. The van der Waals surface area contributed by atoms with Gasteiger partial charge in [-0.15, -0.1) is 6.42 Å². The van der Waals surface area contributed by atoms with Crippen molar-refractivity contribution >= 4 is 23.5 Å². The second-order valence-electron chi connectivity index (χ2n) is 5.00. The van der Waals surface area contributed by atoms with E-state index in [0.29, 0.717) is 11.7 Å². The van der Waals surface area contributed by atoms with Gasteiger partial charge in [-0.3, -0.25) is 0 Å². The number of carbonyl (C=O) groups excluding carboxylic acids is 1. The summed E-state index contributed by atoms with van der Waals surface area (Å²) in [5.41, 5.74) is 0.765. The number of carbonyl (C=O) groups is 1. The van der Waals surface area contributed by atoms with E-state index < -0.39 is 0 Å². The Kier molecular flexibility index (Phi) is 5.82. The van der Waals surface area contributed by atoms with E-state index in [1.54, 1.807) is 12.1 Å². The van der Waals surface area contributed by atoms with Crippen LogP contribution in [0.1, 0.15) is 6.42 Å². The molecule has 1 fully saturated rings. The van der Waals surface area contributed by atoms with Crippen molar-refractivity contribution in [2.75, 3.05) is 37.0 Å². The Hall–Kier alpha value is -1.80. The molecule has 21 heavy (non-hydrogen) atoms. The number of nitrogens with zero attached hydrogens (tertiary/aromatic N) is 1. The van der Waals surface area contributed by atoms with E-state index in [1.807, 2.05) is 28.8 Å². The molecule has 4 nitrogen and oxygen atoms in total. The number of benzene rings is 1. The molecule has 1 aliphatic heterocycles. The summed E-state index contributed by atoms with van der Waals surface area (Å²) < 4.78 is 5.29. The van der Waals surface area contributed by atoms with Crippen LogP contribution in [0.25, 0.3) is 0 Å². The first kappa shape index (κ1) is 15.6. The third-order valence-electron chi connectivity index (χ3n) is 3.40. The highest BCUT2D eigenvalue weighted by Gasteiger charge is 2.25. The zero-order chi connectivity index (χ0) is 15.1. The molecule has 0 unspecified atom stereocenters. The molecule has 0 aliphatic carbocycles. The van der Waals surface area contributed by atoms with Gasteiger partial charge < -0.3 is 15.0 Å². The van der Waals surface area contributed by atoms with Gasteiger partial charge in [-0.25, -0.2) is 4.79 Å². The van der Waals surface area contributed by atoms with E-state index >= 15 is 0 Å². The van der Waals surface area contributed by atoms with E-state index in [1.165, 1.54) is 0 Å². The third kappa shape index (κ3) is 4.61. The second kappa shape index (κ2) is 7.84. The molecule has 0 aromatic heterocycles. The van der Waals surface area contributed by atoms with Crippen molar-refractivity contribution in [1.29, 1.82) is 0 Å². The van der Waals surface area contributed by atoms with Crippen LogP contribution >= 0.6 is 11.8 Å². The fraction of sp³-hybridized carbons (Fsp3) is 0.438. The van der Waals surface area contributed by atoms with Crippen molar-refractivity contribution < 1.29 is 9.53 Å². The fourth-order valence-corrected chi connectivity index (χ4v) is 3.09. The molecule has 5 heteroatoms. The van der Waals surface area contributed by atoms with Gasteiger partial charge in [-0.1, -0.05) is 5.92 Å². The molecular formula is C16H20N2O2S. The molecule has 0 radical (unpaired) electrons. The molecule has 1 heterocycles. The second-order valence-corrected chi connectivity index (χ2v) is 5.91. The van der Waals surface area contributed by atoms with Crippen LogP contribution in [0.3, 0.4) is 0 Å². The SMILES string of the molecule is C#CCOc1ccc(NC(=O)N2CC[C@H](CSC)C2)cc1. The normalized spacial score (nSPS) is 17.3. The number of urea groups is 1. The highest BCUT2D eigenvalue weighted by atomic mass is 32.2. The van der Waals surface area contributed by atoms with Gasteiger partial charge in [0, 0.05) is 18.8 Å². The van der Waals surface area contributed by atoms with Gasteiger partial charge in [0.05, 0.1) is 0 Å². The Morgan fingerprint density at radius 3 is 2.95 bits per heavy atom. The fourth-order valence-electron chi connectivity index (χ4n) is 2.35. The lowest BCUT2D eigenvalue weighted by molar-refractivity contribution is 0.221. The Morgan fingerprint density at radius 1 is 1.52 bits per heavy atom. The minimum Gasteiger partial charge on any atom is -0.481 e. The minimum absolute atomic E-state index is 0.0316. The zero-order valence-electron chi connectivity index (χ0n) is 12.2. The number of anilines is 1. The summed E-state index contributed by atoms with van der Waals surface area (Å²) in [5, 5.41) is 2.91. The van der Waals surface area contributed by atoms with Gasteiger partial charge in [0.15, 0.2) is 0 Å². The number of amides is 2. The maximum absolute atomic E-state index is 12.2. The van der Waals surface area contributed by atoms with Gasteiger partial charge >= 0.3 is 6.03 Å². The Labute approximate surface area is 130 Å². The minimum atomic E-state index is -0.0316.